The molecule has 0 bridgehead atoms. The highest BCUT2D eigenvalue weighted by Gasteiger charge is 2.32. The van der Waals surface area contributed by atoms with Gasteiger partial charge in [-0.15, -0.1) is 0 Å². The molecule has 0 saturated carbocycles. The molecule has 3 unspecified atom stereocenters. The van der Waals surface area contributed by atoms with E-state index in [0.29, 0.717) is 0 Å². The van der Waals surface area contributed by atoms with Crippen LogP contribution in [0, 0.1) is 0 Å². The molecule has 76 valence electrons. The number of hydrogen-bond acceptors (Lipinski definition) is 4. The van der Waals surface area contributed by atoms with Crippen molar-refractivity contribution < 1.29 is 15.0 Å². The van der Waals surface area contributed by atoms with Crippen LogP contribution in [-0.4, -0.2) is 52.4 Å². The maximum absolute atomic E-state index is 11.4. The van der Waals surface area contributed by atoms with Gasteiger partial charge in [0, 0.05) is 25.6 Å². The molecule has 1 fully saturated rings. The van der Waals surface area contributed by atoms with Crippen molar-refractivity contribution in [3.63, 3.8) is 0 Å². The quantitative estimate of drug-likeness (QED) is 0.481. The molecular formula is C8H16N2O3. The Morgan fingerprint density at radius 1 is 1.54 bits per heavy atom. The van der Waals surface area contributed by atoms with E-state index in [0.717, 1.165) is 0 Å². The number of nitrogens with two attached hydrogens (primary N) is 1. The highest BCUT2D eigenvalue weighted by atomic mass is 16.3. The summed E-state index contributed by atoms with van der Waals surface area (Å²) in [5.41, 5.74) is 5.46. The molecule has 0 spiro atoms. The van der Waals surface area contributed by atoms with Gasteiger partial charge in [0.15, 0.2) is 0 Å². The van der Waals surface area contributed by atoms with Gasteiger partial charge in [0.1, 0.15) is 0 Å². The number of hydrogen-bond donors (Lipinski definition) is 3. The van der Waals surface area contributed by atoms with Gasteiger partial charge in [-0.2, -0.15) is 0 Å². The lowest BCUT2D eigenvalue weighted by atomic mass is 10.2. The summed E-state index contributed by atoms with van der Waals surface area (Å²) in [5.74, 6) is -0.106. The van der Waals surface area contributed by atoms with E-state index in [9.17, 15) is 15.0 Å². The Hall–Kier alpha value is -0.650. The predicted molar refractivity (Wildman–Crippen MR) is 46.9 cm³/mol. The molecule has 1 amide bonds. The number of amides is 1. The first-order valence-electron chi connectivity index (χ1n) is 4.40. The molecule has 5 nitrogen and oxygen atoms in total. The van der Waals surface area contributed by atoms with Gasteiger partial charge in [-0.25, -0.2) is 0 Å². The summed E-state index contributed by atoms with van der Waals surface area (Å²) in [6.07, 6.45) is -1.35. The lowest BCUT2D eigenvalue weighted by Gasteiger charge is -2.16. The van der Waals surface area contributed by atoms with Crippen LogP contribution >= 0.6 is 0 Å². The average molecular weight is 188 g/mol. The zero-order valence-corrected chi connectivity index (χ0v) is 7.68. The fraction of sp³-hybridized carbons (Fsp3) is 0.875. The number of β-amino-alcohol motifs (C(OH)–C–C–N with tert-alkyl or cyclic N) is 2. The molecule has 13 heavy (non-hydrogen) atoms. The van der Waals surface area contributed by atoms with Crippen molar-refractivity contribution in [3.8, 4) is 0 Å². The topological polar surface area (TPSA) is 86.8 Å². The van der Waals surface area contributed by atoms with Gasteiger partial charge in [0.2, 0.25) is 5.91 Å². The van der Waals surface area contributed by atoms with Crippen LogP contribution in [0.3, 0.4) is 0 Å². The minimum absolute atomic E-state index is 0.106. The van der Waals surface area contributed by atoms with Gasteiger partial charge in [0.05, 0.1) is 12.2 Å². The lowest BCUT2D eigenvalue weighted by molar-refractivity contribution is -0.130. The molecule has 3 atom stereocenters. The first-order chi connectivity index (χ1) is 6.00. The number of aliphatic hydroxyl groups is 2. The summed E-state index contributed by atoms with van der Waals surface area (Å²) in [6, 6.07) is -0.178. The van der Waals surface area contributed by atoms with E-state index in [-0.39, 0.29) is 31.5 Å². The average Bonchev–Trinajstić information content (AvgIpc) is 2.31. The van der Waals surface area contributed by atoms with Crippen molar-refractivity contribution in [1.82, 2.24) is 4.90 Å². The number of rotatable bonds is 2. The normalized spacial score (nSPS) is 30.6. The Bertz CT molecular complexity index is 186. The van der Waals surface area contributed by atoms with Crippen molar-refractivity contribution >= 4 is 5.91 Å². The van der Waals surface area contributed by atoms with E-state index in [2.05, 4.69) is 0 Å². The lowest BCUT2D eigenvalue weighted by Crippen LogP contribution is -2.34. The molecule has 0 aromatic carbocycles. The van der Waals surface area contributed by atoms with E-state index in [1.165, 1.54) is 4.90 Å². The van der Waals surface area contributed by atoms with Gasteiger partial charge >= 0.3 is 0 Å². The molecule has 1 rings (SSSR count). The van der Waals surface area contributed by atoms with Gasteiger partial charge in [-0.1, -0.05) is 0 Å². The second-order valence-electron chi connectivity index (χ2n) is 3.61. The van der Waals surface area contributed by atoms with Crippen molar-refractivity contribution in [3.05, 3.63) is 0 Å². The molecule has 0 radical (unpaired) electrons. The van der Waals surface area contributed by atoms with Gasteiger partial charge in [0.25, 0.3) is 0 Å². The van der Waals surface area contributed by atoms with E-state index in [1.807, 2.05) is 0 Å². The standard InChI is InChI=1S/C8H16N2O3/c1-5(9)2-8(13)10-3-6(11)7(12)4-10/h5-7,11-12H,2-4,9H2,1H3. The molecule has 5 heteroatoms. The fourth-order valence-corrected chi connectivity index (χ4v) is 1.38. The molecule has 0 aromatic rings. The third kappa shape index (κ3) is 2.65. The zero-order chi connectivity index (χ0) is 10.0. The molecule has 1 saturated heterocycles. The molecule has 1 aliphatic heterocycles. The van der Waals surface area contributed by atoms with Crippen molar-refractivity contribution in [2.45, 2.75) is 31.6 Å². The maximum Gasteiger partial charge on any atom is 0.224 e. The highest BCUT2D eigenvalue weighted by Crippen LogP contribution is 2.11. The molecule has 1 heterocycles. The Kier molecular flexibility index (Phi) is 3.24. The van der Waals surface area contributed by atoms with Gasteiger partial charge < -0.3 is 20.8 Å². The third-order valence-corrected chi connectivity index (χ3v) is 2.11. The summed E-state index contributed by atoms with van der Waals surface area (Å²) >= 11 is 0. The second kappa shape index (κ2) is 4.04. The van der Waals surface area contributed by atoms with E-state index in [4.69, 9.17) is 5.73 Å². The van der Waals surface area contributed by atoms with Crippen LogP contribution in [0.1, 0.15) is 13.3 Å². The first-order valence-corrected chi connectivity index (χ1v) is 4.40. The van der Waals surface area contributed by atoms with E-state index in [1.54, 1.807) is 6.92 Å². The molecule has 0 aliphatic carbocycles. The van der Waals surface area contributed by atoms with Crippen LogP contribution in [-0.2, 0) is 4.79 Å². The predicted octanol–water partition coefficient (Wildman–Crippen LogP) is -1.71. The van der Waals surface area contributed by atoms with Crippen LogP contribution < -0.4 is 5.73 Å². The number of aliphatic hydroxyl groups excluding tert-OH is 2. The van der Waals surface area contributed by atoms with Crippen LogP contribution in [0.5, 0.6) is 0 Å². The Morgan fingerprint density at radius 2 is 2.00 bits per heavy atom. The summed E-state index contributed by atoms with van der Waals surface area (Å²) in [7, 11) is 0. The van der Waals surface area contributed by atoms with Crippen LogP contribution in [0.2, 0.25) is 0 Å². The monoisotopic (exact) mass is 188 g/mol. The van der Waals surface area contributed by atoms with Crippen LogP contribution in [0.4, 0.5) is 0 Å². The molecule has 4 N–H and O–H groups in total. The Labute approximate surface area is 77.1 Å². The summed E-state index contributed by atoms with van der Waals surface area (Å²) in [5, 5.41) is 18.4. The highest BCUT2D eigenvalue weighted by molar-refractivity contribution is 5.77. The summed E-state index contributed by atoms with van der Waals surface area (Å²) < 4.78 is 0. The third-order valence-electron chi connectivity index (χ3n) is 2.11. The van der Waals surface area contributed by atoms with Crippen molar-refractivity contribution in [2.24, 2.45) is 5.73 Å². The molecular weight excluding hydrogens is 172 g/mol. The summed E-state index contributed by atoms with van der Waals surface area (Å²) in [6.45, 7) is 2.18. The number of nitrogens with zero attached hydrogens (tertiary/aromatic N) is 1. The Morgan fingerprint density at radius 3 is 2.38 bits per heavy atom. The minimum atomic E-state index is -0.808. The first kappa shape index (κ1) is 10.4. The number of carbonyl (C=O) groups is 1. The van der Waals surface area contributed by atoms with Crippen molar-refractivity contribution in [1.29, 1.82) is 0 Å². The maximum atomic E-state index is 11.4. The molecule has 0 aromatic heterocycles. The van der Waals surface area contributed by atoms with Gasteiger partial charge in [-0.05, 0) is 6.92 Å². The number of carbonyl (C=O) groups excluding carboxylic acids is 1. The van der Waals surface area contributed by atoms with Crippen LogP contribution in [0.25, 0.3) is 0 Å². The summed E-state index contributed by atoms with van der Waals surface area (Å²) in [4.78, 5) is 12.8. The minimum Gasteiger partial charge on any atom is -0.388 e. The van der Waals surface area contributed by atoms with Crippen molar-refractivity contribution in [2.75, 3.05) is 13.1 Å². The smallest absolute Gasteiger partial charge is 0.224 e. The largest absolute Gasteiger partial charge is 0.388 e. The zero-order valence-electron chi connectivity index (χ0n) is 7.68. The fourth-order valence-electron chi connectivity index (χ4n) is 1.38. The Balaban J connectivity index is 2.42. The van der Waals surface area contributed by atoms with Crippen LogP contribution in [0.15, 0.2) is 0 Å². The number of likely N-dealkylation sites (tertiary alicyclic amines) is 1. The van der Waals surface area contributed by atoms with E-state index < -0.39 is 12.2 Å². The second-order valence-corrected chi connectivity index (χ2v) is 3.61. The van der Waals surface area contributed by atoms with E-state index >= 15 is 0 Å². The SMILES string of the molecule is CC(N)CC(=O)N1CC(O)C(O)C1. The molecule has 1 aliphatic rings. The van der Waals surface area contributed by atoms with Gasteiger partial charge in [-0.3, -0.25) is 4.79 Å².